The van der Waals surface area contributed by atoms with E-state index in [-0.39, 0.29) is 11.9 Å². The molecule has 1 aromatic carbocycles. The first kappa shape index (κ1) is 14.2. The van der Waals surface area contributed by atoms with Crippen molar-refractivity contribution in [3.8, 4) is 0 Å². The summed E-state index contributed by atoms with van der Waals surface area (Å²) in [6.45, 7) is 2.04. The fourth-order valence-electron chi connectivity index (χ4n) is 2.57. The average molecular weight is 301 g/mol. The molecule has 1 aromatic heterocycles. The van der Waals surface area contributed by atoms with Crippen LogP contribution in [0.3, 0.4) is 0 Å². The summed E-state index contributed by atoms with van der Waals surface area (Å²) in [5.74, 6) is -0.0808. The molecule has 0 bridgehead atoms. The van der Waals surface area contributed by atoms with E-state index in [0.717, 1.165) is 18.5 Å². The van der Waals surface area contributed by atoms with Crippen LogP contribution in [0.15, 0.2) is 23.6 Å². The molecule has 0 saturated heterocycles. The summed E-state index contributed by atoms with van der Waals surface area (Å²) in [6, 6.07) is 6.19. The van der Waals surface area contributed by atoms with Crippen molar-refractivity contribution in [1.82, 2.24) is 10.3 Å². The molecule has 1 amide bonds. The molecule has 110 valence electrons. The molecule has 1 unspecified atom stereocenters. The molecule has 0 saturated carbocycles. The maximum absolute atomic E-state index is 12.3. The van der Waals surface area contributed by atoms with Crippen molar-refractivity contribution in [2.24, 2.45) is 0 Å². The van der Waals surface area contributed by atoms with Gasteiger partial charge in [-0.2, -0.15) is 0 Å². The fraction of sp³-hybridized carbons (Fsp3) is 0.375. The van der Waals surface area contributed by atoms with Gasteiger partial charge in [0.25, 0.3) is 5.91 Å². The molecular weight excluding hydrogens is 282 g/mol. The Morgan fingerprint density at radius 1 is 1.33 bits per heavy atom. The van der Waals surface area contributed by atoms with Crippen molar-refractivity contribution < 1.29 is 4.79 Å². The number of anilines is 1. The van der Waals surface area contributed by atoms with E-state index >= 15 is 0 Å². The van der Waals surface area contributed by atoms with Crippen LogP contribution >= 0.6 is 11.3 Å². The molecule has 1 aliphatic rings. The maximum atomic E-state index is 12.3. The molecule has 21 heavy (non-hydrogen) atoms. The van der Waals surface area contributed by atoms with Crippen LogP contribution in [0, 0.1) is 0 Å². The SMILES string of the molecule is CNC(C)c1csc(NC(=O)c2ccc3c(c2)CCC3)n1. The van der Waals surface area contributed by atoms with Gasteiger partial charge in [0.15, 0.2) is 5.13 Å². The van der Waals surface area contributed by atoms with Crippen LogP contribution in [0.2, 0.25) is 0 Å². The Morgan fingerprint density at radius 3 is 2.95 bits per heavy atom. The standard InChI is InChI=1S/C16H19N3OS/c1-10(17-2)14-9-21-16(18-14)19-15(20)13-7-6-11-4-3-5-12(11)8-13/h6-10,17H,3-5H2,1-2H3,(H,18,19,20). The number of aromatic nitrogens is 1. The van der Waals surface area contributed by atoms with Crippen LogP contribution in [-0.2, 0) is 12.8 Å². The van der Waals surface area contributed by atoms with Gasteiger partial charge in [0.2, 0.25) is 0 Å². The molecule has 0 radical (unpaired) electrons. The third kappa shape index (κ3) is 2.99. The Balaban J connectivity index is 1.73. The van der Waals surface area contributed by atoms with E-state index in [1.807, 2.05) is 31.5 Å². The number of nitrogens with zero attached hydrogens (tertiary/aromatic N) is 1. The Kier molecular flexibility index (Phi) is 4.03. The van der Waals surface area contributed by atoms with Crippen molar-refractivity contribution in [2.75, 3.05) is 12.4 Å². The Morgan fingerprint density at radius 2 is 2.14 bits per heavy atom. The molecule has 2 N–H and O–H groups in total. The minimum atomic E-state index is -0.0808. The van der Waals surface area contributed by atoms with E-state index in [1.54, 1.807) is 0 Å². The Bertz CT molecular complexity index is 665. The number of hydrogen-bond acceptors (Lipinski definition) is 4. The monoisotopic (exact) mass is 301 g/mol. The van der Waals surface area contributed by atoms with Crippen LogP contribution in [0.1, 0.15) is 46.6 Å². The second-order valence-electron chi connectivity index (χ2n) is 5.38. The number of aryl methyl sites for hydroxylation is 2. The molecule has 0 fully saturated rings. The van der Waals surface area contributed by atoms with E-state index in [9.17, 15) is 4.79 Å². The molecule has 0 spiro atoms. The van der Waals surface area contributed by atoms with Crippen LogP contribution in [0.25, 0.3) is 0 Å². The van der Waals surface area contributed by atoms with Gasteiger partial charge in [0.1, 0.15) is 0 Å². The first-order valence-electron chi connectivity index (χ1n) is 7.23. The highest BCUT2D eigenvalue weighted by molar-refractivity contribution is 7.14. The first-order chi connectivity index (χ1) is 10.2. The summed E-state index contributed by atoms with van der Waals surface area (Å²) in [6.07, 6.45) is 3.41. The van der Waals surface area contributed by atoms with Crippen LogP contribution < -0.4 is 10.6 Å². The first-order valence-corrected chi connectivity index (χ1v) is 8.11. The lowest BCUT2D eigenvalue weighted by Gasteiger charge is -2.06. The summed E-state index contributed by atoms with van der Waals surface area (Å²) in [5.41, 5.74) is 4.36. The molecule has 5 heteroatoms. The van der Waals surface area contributed by atoms with E-state index in [2.05, 4.69) is 21.7 Å². The predicted octanol–water partition coefficient (Wildman–Crippen LogP) is 3.16. The van der Waals surface area contributed by atoms with Gasteiger partial charge >= 0.3 is 0 Å². The quantitative estimate of drug-likeness (QED) is 0.912. The summed E-state index contributed by atoms with van der Waals surface area (Å²) in [7, 11) is 1.90. The van der Waals surface area contributed by atoms with Gasteiger partial charge < -0.3 is 5.32 Å². The van der Waals surface area contributed by atoms with Crippen molar-refractivity contribution >= 4 is 22.4 Å². The van der Waals surface area contributed by atoms with Gasteiger partial charge in [-0.1, -0.05) is 6.07 Å². The molecule has 4 nitrogen and oxygen atoms in total. The molecule has 3 rings (SSSR count). The number of amides is 1. The van der Waals surface area contributed by atoms with Gasteiger partial charge in [-0.05, 0) is 56.5 Å². The summed E-state index contributed by atoms with van der Waals surface area (Å²) < 4.78 is 0. The number of carbonyl (C=O) groups is 1. The molecule has 2 aromatic rings. The Labute approximate surface area is 128 Å². The zero-order valence-electron chi connectivity index (χ0n) is 12.3. The second kappa shape index (κ2) is 5.95. The van der Waals surface area contributed by atoms with E-state index in [1.165, 1.54) is 28.9 Å². The van der Waals surface area contributed by atoms with Crippen molar-refractivity contribution in [3.05, 3.63) is 46.0 Å². The predicted molar refractivity (Wildman–Crippen MR) is 86.0 cm³/mol. The largest absolute Gasteiger partial charge is 0.312 e. The van der Waals surface area contributed by atoms with Crippen LogP contribution in [0.5, 0.6) is 0 Å². The van der Waals surface area contributed by atoms with Gasteiger partial charge in [-0.15, -0.1) is 11.3 Å². The second-order valence-corrected chi connectivity index (χ2v) is 6.24. The smallest absolute Gasteiger partial charge is 0.257 e. The molecule has 1 atom stereocenters. The van der Waals surface area contributed by atoms with Gasteiger partial charge in [0, 0.05) is 17.0 Å². The van der Waals surface area contributed by atoms with E-state index in [4.69, 9.17) is 0 Å². The summed E-state index contributed by atoms with van der Waals surface area (Å²) in [4.78, 5) is 16.7. The maximum Gasteiger partial charge on any atom is 0.257 e. The third-order valence-corrected chi connectivity index (χ3v) is 4.76. The number of hydrogen-bond donors (Lipinski definition) is 2. The minimum absolute atomic E-state index is 0.0808. The highest BCUT2D eigenvalue weighted by Crippen LogP contribution is 2.24. The van der Waals surface area contributed by atoms with Crippen LogP contribution in [0.4, 0.5) is 5.13 Å². The lowest BCUT2D eigenvalue weighted by molar-refractivity contribution is 0.102. The zero-order valence-corrected chi connectivity index (χ0v) is 13.1. The molecule has 1 aliphatic carbocycles. The van der Waals surface area contributed by atoms with E-state index < -0.39 is 0 Å². The van der Waals surface area contributed by atoms with Crippen molar-refractivity contribution in [3.63, 3.8) is 0 Å². The third-order valence-electron chi connectivity index (χ3n) is 3.98. The normalized spacial score (nSPS) is 14.8. The number of nitrogens with one attached hydrogen (secondary N) is 2. The highest BCUT2D eigenvalue weighted by atomic mass is 32.1. The zero-order chi connectivity index (χ0) is 14.8. The van der Waals surface area contributed by atoms with Gasteiger partial charge in [0.05, 0.1) is 5.69 Å². The van der Waals surface area contributed by atoms with E-state index in [0.29, 0.717) is 10.7 Å². The molecule has 0 aliphatic heterocycles. The highest BCUT2D eigenvalue weighted by Gasteiger charge is 2.15. The fourth-order valence-corrected chi connectivity index (χ4v) is 3.37. The number of benzene rings is 1. The topological polar surface area (TPSA) is 54.0 Å². The lowest BCUT2D eigenvalue weighted by Crippen LogP contribution is -2.14. The van der Waals surface area contributed by atoms with Gasteiger partial charge in [-0.25, -0.2) is 4.98 Å². The van der Waals surface area contributed by atoms with Crippen molar-refractivity contribution in [2.45, 2.75) is 32.2 Å². The lowest BCUT2D eigenvalue weighted by atomic mass is 10.1. The summed E-state index contributed by atoms with van der Waals surface area (Å²) >= 11 is 1.46. The number of thiazole rings is 1. The number of fused-ring (bicyclic) bond motifs is 1. The Hall–Kier alpha value is -1.72. The molecule has 1 heterocycles. The van der Waals surface area contributed by atoms with Crippen molar-refractivity contribution in [1.29, 1.82) is 0 Å². The minimum Gasteiger partial charge on any atom is -0.312 e. The molecular formula is C16H19N3OS. The average Bonchev–Trinajstić information content (AvgIpc) is 3.14. The number of carbonyl (C=O) groups excluding carboxylic acids is 1. The van der Waals surface area contributed by atoms with Gasteiger partial charge in [-0.3, -0.25) is 10.1 Å². The summed E-state index contributed by atoms with van der Waals surface area (Å²) in [5, 5.41) is 8.65. The number of rotatable bonds is 4. The van der Waals surface area contributed by atoms with Crippen LogP contribution in [-0.4, -0.2) is 17.9 Å².